The molecule has 1 saturated heterocycles. The van der Waals surface area contributed by atoms with Gasteiger partial charge in [-0.1, -0.05) is 13.3 Å². The minimum Gasteiger partial charge on any atom is -0.334 e. The summed E-state index contributed by atoms with van der Waals surface area (Å²) in [5, 5.41) is 0. The van der Waals surface area contributed by atoms with Crippen LogP contribution >= 0.6 is 0 Å². The molecular formula is C16H23N5. The first-order valence-electron chi connectivity index (χ1n) is 7.88. The smallest absolute Gasteiger partial charge is 0.122 e. The van der Waals surface area contributed by atoms with E-state index in [-0.39, 0.29) is 0 Å². The molecule has 5 heteroatoms. The number of imidazole rings is 1. The number of piperidine rings is 1. The van der Waals surface area contributed by atoms with E-state index in [1.54, 1.807) is 6.33 Å². The molecule has 1 aliphatic rings. The van der Waals surface area contributed by atoms with Crippen LogP contribution in [0.2, 0.25) is 0 Å². The van der Waals surface area contributed by atoms with Crippen molar-refractivity contribution in [2.45, 2.75) is 51.7 Å². The summed E-state index contributed by atoms with van der Waals surface area (Å²) in [6, 6.07) is 2.44. The van der Waals surface area contributed by atoms with Crippen LogP contribution in [0.1, 0.15) is 50.2 Å². The van der Waals surface area contributed by atoms with Crippen molar-refractivity contribution < 1.29 is 0 Å². The molecule has 5 nitrogen and oxygen atoms in total. The largest absolute Gasteiger partial charge is 0.334 e. The van der Waals surface area contributed by atoms with Crippen molar-refractivity contribution in [1.29, 1.82) is 0 Å². The van der Waals surface area contributed by atoms with Crippen LogP contribution in [0.3, 0.4) is 0 Å². The number of hydrogen-bond donors (Lipinski definition) is 0. The first kappa shape index (κ1) is 14.2. The van der Waals surface area contributed by atoms with Gasteiger partial charge in [-0.15, -0.1) is 0 Å². The molecule has 0 spiro atoms. The zero-order valence-electron chi connectivity index (χ0n) is 12.6. The summed E-state index contributed by atoms with van der Waals surface area (Å²) in [5.41, 5.74) is 1.14. The Morgan fingerprint density at radius 2 is 2.19 bits per heavy atom. The molecule has 0 radical (unpaired) electrons. The highest BCUT2D eigenvalue weighted by molar-refractivity contribution is 5.07. The quantitative estimate of drug-likeness (QED) is 0.847. The minimum absolute atomic E-state index is 0.397. The Morgan fingerprint density at radius 3 is 3.00 bits per heavy atom. The summed E-state index contributed by atoms with van der Waals surface area (Å²) in [6.45, 7) is 5.27. The summed E-state index contributed by atoms with van der Waals surface area (Å²) in [5.74, 6) is 1.16. The normalized spacial score (nSPS) is 19.8. The lowest BCUT2D eigenvalue weighted by Crippen LogP contribution is -2.34. The van der Waals surface area contributed by atoms with E-state index in [0.717, 1.165) is 37.6 Å². The molecule has 0 amide bonds. The van der Waals surface area contributed by atoms with Gasteiger partial charge in [0.15, 0.2) is 0 Å². The van der Waals surface area contributed by atoms with E-state index in [1.165, 1.54) is 19.3 Å². The topological polar surface area (TPSA) is 46.8 Å². The summed E-state index contributed by atoms with van der Waals surface area (Å²) in [4.78, 5) is 15.6. The molecule has 1 fully saturated rings. The highest BCUT2D eigenvalue weighted by atomic mass is 15.2. The Balaban J connectivity index is 1.77. The molecule has 0 N–H and O–H groups in total. The number of rotatable bonds is 5. The highest BCUT2D eigenvalue weighted by Gasteiger charge is 2.25. The fourth-order valence-electron chi connectivity index (χ4n) is 3.13. The van der Waals surface area contributed by atoms with Crippen molar-refractivity contribution in [3.63, 3.8) is 0 Å². The molecule has 112 valence electrons. The van der Waals surface area contributed by atoms with Gasteiger partial charge in [-0.2, -0.15) is 0 Å². The van der Waals surface area contributed by atoms with Crippen LogP contribution in [-0.2, 0) is 13.1 Å². The predicted molar refractivity (Wildman–Crippen MR) is 81.6 cm³/mol. The third-order valence-corrected chi connectivity index (χ3v) is 4.17. The Hall–Kier alpha value is -1.75. The molecule has 2 aromatic rings. The summed E-state index contributed by atoms with van der Waals surface area (Å²) in [6.07, 6.45) is 12.3. The van der Waals surface area contributed by atoms with Crippen LogP contribution in [0, 0.1) is 0 Å². The van der Waals surface area contributed by atoms with Crippen molar-refractivity contribution in [1.82, 2.24) is 24.4 Å². The van der Waals surface area contributed by atoms with Crippen molar-refractivity contribution in [3.8, 4) is 0 Å². The van der Waals surface area contributed by atoms with E-state index in [2.05, 4.69) is 37.5 Å². The van der Waals surface area contributed by atoms with Crippen LogP contribution in [0.4, 0.5) is 0 Å². The molecule has 1 aliphatic heterocycles. The Bertz CT molecular complexity index is 551. The zero-order chi connectivity index (χ0) is 14.5. The van der Waals surface area contributed by atoms with Gasteiger partial charge in [-0.25, -0.2) is 15.0 Å². The molecule has 0 aromatic carbocycles. The molecule has 2 aromatic heterocycles. The van der Waals surface area contributed by atoms with Gasteiger partial charge in [0.1, 0.15) is 12.2 Å². The molecule has 3 rings (SSSR count). The van der Waals surface area contributed by atoms with Gasteiger partial charge in [-0.05, 0) is 31.9 Å². The third kappa shape index (κ3) is 3.29. The first-order chi connectivity index (χ1) is 10.4. The van der Waals surface area contributed by atoms with Crippen molar-refractivity contribution in [3.05, 3.63) is 42.5 Å². The maximum absolute atomic E-state index is 4.55. The van der Waals surface area contributed by atoms with E-state index < -0.39 is 0 Å². The van der Waals surface area contributed by atoms with Crippen molar-refractivity contribution >= 4 is 0 Å². The first-order valence-corrected chi connectivity index (χ1v) is 7.88. The predicted octanol–water partition coefficient (Wildman–Crippen LogP) is 2.81. The van der Waals surface area contributed by atoms with E-state index in [0.29, 0.717) is 6.04 Å². The Labute approximate surface area is 126 Å². The third-order valence-electron chi connectivity index (χ3n) is 4.17. The average molecular weight is 285 g/mol. The van der Waals surface area contributed by atoms with Gasteiger partial charge >= 0.3 is 0 Å². The molecule has 0 bridgehead atoms. The van der Waals surface area contributed by atoms with Crippen LogP contribution in [0.15, 0.2) is 31.0 Å². The molecule has 1 unspecified atom stereocenters. The van der Waals surface area contributed by atoms with Gasteiger partial charge < -0.3 is 4.57 Å². The second-order valence-corrected chi connectivity index (χ2v) is 5.65. The molecule has 21 heavy (non-hydrogen) atoms. The number of hydrogen-bond acceptors (Lipinski definition) is 4. The van der Waals surface area contributed by atoms with Crippen LogP contribution in [0.25, 0.3) is 0 Å². The van der Waals surface area contributed by atoms with E-state index in [4.69, 9.17) is 0 Å². The monoisotopic (exact) mass is 285 g/mol. The maximum Gasteiger partial charge on any atom is 0.122 e. The van der Waals surface area contributed by atoms with Crippen molar-refractivity contribution in [2.24, 2.45) is 0 Å². The number of aromatic nitrogens is 4. The standard InChI is InChI=1S/C16H23N5/c1-2-9-20-11-8-18-16(20)12-21-10-4-3-5-15(21)14-6-7-17-13-19-14/h6-8,11,13,15H,2-5,9-10,12H2,1H3. The van der Waals surface area contributed by atoms with Gasteiger partial charge in [0, 0.05) is 25.1 Å². The summed E-state index contributed by atoms with van der Waals surface area (Å²) in [7, 11) is 0. The van der Waals surface area contributed by atoms with E-state index in [1.807, 2.05) is 18.5 Å². The highest BCUT2D eigenvalue weighted by Crippen LogP contribution is 2.30. The number of likely N-dealkylation sites (tertiary alicyclic amines) is 1. The fraction of sp³-hybridized carbons (Fsp3) is 0.562. The van der Waals surface area contributed by atoms with Gasteiger partial charge in [-0.3, -0.25) is 4.90 Å². The molecule has 1 atom stereocenters. The van der Waals surface area contributed by atoms with Crippen LogP contribution < -0.4 is 0 Å². The average Bonchev–Trinajstić information content (AvgIpc) is 2.96. The second kappa shape index (κ2) is 6.80. The summed E-state index contributed by atoms with van der Waals surface area (Å²) < 4.78 is 2.27. The number of nitrogens with zero attached hydrogens (tertiary/aromatic N) is 5. The van der Waals surface area contributed by atoms with Gasteiger partial charge in [0.25, 0.3) is 0 Å². The lowest BCUT2D eigenvalue weighted by molar-refractivity contribution is 0.132. The molecule has 0 aliphatic carbocycles. The molecule has 0 saturated carbocycles. The Morgan fingerprint density at radius 1 is 1.24 bits per heavy atom. The van der Waals surface area contributed by atoms with Gasteiger partial charge in [0.2, 0.25) is 0 Å². The lowest BCUT2D eigenvalue weighted by atomic mass is 9.99. The second-order valence-electron chi connectivity index (χ2n) is 5.65. The van der Waals surface area contributed by atoms with Crippen LogP contribution in [-0.4, -0.2) is 31.0 Å². The van der Waals surface area contributed by atoms with E-state index >= 15 is 0 Å². The molecule has 3 heterocycles. The number of aryl methyl sites for hydroxylation is 1. The summed E-state index contributed by atoms with van der Waals surface area (Å²) >= 11 is 0. The molecular weight excluding hydrogens is 262 g/mol. The van der Waals surface area contributed by atoms with Crippen LogP contribution in [0.5, 0.6) is 0 Å². The SMILES string of the molecule is CCCn1ccnc1CN1CCCCC1c1ccncn1. The van der Waals surface area contributed by atoms with Crippen molar-refractivity contribution in [2.75, 3.05) is 6.54 Å². The Kier molecular flexibility index (Phi) is 4.60. The van der Waals surface area contributed by atoms with Gasteiger partial charge in [0.05, 0.1) is 18.3 Å². The lowest BCUT2D eigenvalue weighted by Gasteiger charge is -2.35. The van der Waals surface area contributed by atoms with E-state index in [9.17, 15) is 0 Å². The minimum atomic E-state index is 0.397. The maximum atomic E-state index is 4.55. The zero-order valence-corrected chi connectivity index (χ0v) is 12.6. The fourth-order valence-corrected chi connectivity index (χ4v) is 3.13.